The van der Waals surface area contributed by atoms with Gasteiger partial charge in [-0.3, -0.25) is 4.79 Å². The number of carboxylic acids is 1. The lowest BCUT2D eigenvalue weighted by Crippen LogP contribution is -2.40. The number of rotatable bonds is 3. The number of aliphatic carboxylic acids is 1. The van der Waals surface area contributed by atoms with E-state index in [-0.39, 0.29) is 11.2 Å². The SMILES string of the molecule is CCc1ncnc(N2C[C@@H](C(=O)O)C3(CCC3)C2)c1F. The summed E-state index contributed by atoms with van der Waals surface area (Å²) in [5, 5.41) is 9.40. The van der Waals surface area contributed by atoms with Crippen molar-refractivity contribution >= 4 is 11.8 Å². The molecule has 1 aromatic rings. The molecule has 0 unspecified atom stereocenters. The van der Waals surface area contributed by atoms with Crippen LogP contribution in [0.3, 0.4) is 0 Å². The van der Waals surface area contributed by atoms with Gasteiger partial charge in [0.1, 0.15) is 6.33 Å². The molecule has 1 aliphatic carbocycles. The number of hydrogen-bond acceptors (Lipinski definition) is 4. The van der Waals surface area contributed by atoms with Gasteiger partial charge in [0.05, 0.1) is 11.6 Å². The molecular formula is C14H18FN3O2. The average molecular weight is 279 g/mol. The Bertz CT molecular complexity index is 545. The van der Waals surface area contributed by atoms with Gasteiger partial charge in [-0.2, -0.15) is 0 Å². The molecule has 0 bridgehead atoms. The first-order chi connectivity index (χ1) is 9.57. The third-order valence-corrected chi connectivity index (χ3v) is 4.77. The Morgan fingerprint density at radius 3 is 2.80 bits per heavy atom. The van der Waals surface area contributed by atoms with E-state index in [1.165, 1.54) is 6.33 Å². The molecule has 1 saturated heterocycles. The second kappa shape index (κ2) is 4.68. The van der Waals surface area contributed by atoms with E-state index >= 15 is 0 Å². The van der Waals surface area contributed by atoms with E-state index in [2.05, 4.69) is 9.97 Å². The summed E-state index contributed by atoms with van der Waals surface area (Å²) in [6.45, 7) is 2.76. The van der Waals surface area contributed by atoms with Gasteiger partial charge in [-0.05, 0) is 19.3 Å². The molecule has 1 spiro atoms. The van der Waals surface area contributed by atoms with Crippen molar-refractivity contribution in [1.82, 2.24) is 9.97 Å². The first-order valence-corrected chi connectivity index (χ1v) is 7.04. The molecule has 2 aliphatic rings. The van der Waals surface area contributed by atoms with Gasteiger partial charge >= 0.3 is 5.97 Å². The fourth-order valence-corrected chi connectivity index (χ4v) is 3.47. The van der Waals surface area contributed by atoms with Gasteiger partial charge in [-0.1, -0.05) is 13.3 Å². The zero-order valence-corrected chi connectivity index (χ0v) is 11.5. The smallest absolute Gasteiger partial charge is 0.308 e. The van der Waals surface area contributed by atoms with Crippen molar-refractivity contribution in [3.63, 3.8) is 0 Å². The molecule has 0 amide bonds. The molecule has 1 aliphatic heterocycles. The zero-order chi connectivity index (χ0) is 14.3. The van der Waals surface area contributed by atoms with Gasteiger partial charge in [0.15, 0.2) is 11.6 Å². The van der Waals surface area contributed by atoms with Crippen molar-refractivity contribution in [2.24, 2.45) is 11.3 Å². The van der Waals surface area contributed by atoms with Crippen LogP contribution < -0.4 is 4.90 Å². The maximum atomic E-state index is 14.3. The minimum absolute atomic E-state index is 0.185. The van der Waals surface area contributed by atoms with Gasteiger partial charge in [0.2, 0.25) is 0 Å². The Kier molecular flexibility index (Phi) is 3.11. The normalized spacial score (nSPS) is 23.9. The van der Waals surface area contributed by atoms with E-state index in [9.17, 15) is 14.3 Å². The predicted molar refractivity (Wildman–Crippen MR) is 71.0 cm³/mol. The summed E-state index contributed by atoms with van der Waals surface area (Å²) in [7, 11) is 0. The second-order valence-electron chi connectivity index (χ2n) is 5.80. The minimum Gasteiger partial charge on any atom is -0.481 e. The Labute approximate surface area is 116 Å². The highest BCUT2D eigenvalue weighted by molar-refractivity contribution is 5.73. The molecule has 5 nitrogen and oxygen atoms in total. The van der Waals surface area contributed by atoms with Crippen LogP contribution in [0.4, 0.5) is 10.2 Å². The molecule has 1 aromatic heterocycles. The summed E-state index contributed by atoms with van der Waals surface area (Å²) in [6.07, 6.45) is 4.74. The number of nitrogens with zero attached hydrogens (tertiary/aromatic N) is 3. The van der Waals surface area contributed by atoms with Gasteiger partial charge in [-0.25, -0.2) is 14.4 Å². The second-order valence-corrected chi connectivity index (χ2v) is 5.80. The number of halogens is 1. The lowest BCUT2D eigenvalue weighted by atomic mass is 9.63. The van der Waals surface area contributed by atoms with Crippen molar-refractivity contribution < 1.29 is 14.3 Å². The molecular weight excluding hydrogens is 261 g/mol. The monoisotopic (exact) mass is 279 g/mol. The van der Waals surface area contributed by atoms with E-state index in [1.54, 1.807) is 4.90 Å². The number of aryl methyl sites for hydroxylation is 1. The first kappa shape index (κ1) is 13.3. The Balaban J connectivity index is 1.91. The van der Waals surface area contributed by atoms with Crippen LogP contribution in [0, 0.1) is 17.2 Å². The van der Waals surface area contributed by atoms with Crippen LogP contribution in [0.25, 0.3) is 0 Å². The number of carboxylic acid groups (broad SMARTS) is 1. The predicted octanol–water partition coefficient (Wildman–Crippen LogP) is 1.87. The summed E-state index contributed by atoms with van der Waals surface area (Å²) in [5.74, 6) is -1.35. The number of anilines is 1. The highest BCUT2D eigenvalue weighted by atomic mass is 19.1. The molecule has 1 N–H and O–H groups in total. The molecule has 2 fully saturated rings. The Morgan fingerprint density at radius 2 is 2.30 bits per heavy atom. The zero-order valence-electron chi connectivity index (χ0n) is 11.5. The molecule has 20 heavy (non-hydrogen) atoms. The fourth-order valence-electron chi connectivity index (χ4n) is 3.47. The molecule has 0 aromatic carbocycles. The van der Waals surface area contributed by atoms with Gasteiger partial charge in [0, 0.05) is 18.5 Å². The van der Waals surface area contributed by atoms with Crippen molar-refractivity contribution in [1.29, 1.82) is 0 Å². The minimum atomic E-state index is -0.780. The van der Waals surface area contributed by atoms with Crippen molar-refractivity contribution in [3.05, 3.63) is 17.8 Å². The average Bonchev–Trinajstić information content (AvgIpc) is 2.79. The van der Waals surface area contributed by atoms with E-state index in [0.29, 0.717) is 25.2 Å². The number of carbonyl (C=O) groups is 1. The number of aromatic nitrogens is 2. The van der Waals surface area contributed by atoms with Crippen molar-refractivity contribution in [2.45, 2.75) is 32.6 Å². The lowest BCUT2D eigenvalue weighted by molar-refractivity contribution is -0.146. The highest BCUT2D eigenvalue weighted by Gasteiger charge is 2.54. The lowest BCUT2D eigenvalue weighted by Gasteiger charge is -2.41. The molecule has 1 saturated carbocycles. The highest BCUT2D eigenvalue weighted by Crippen LogP contribution is 2.52. The molecule has 6 heteroatoms. The summed E-state index contributed by atoms with van der Waals surface area (Å²) in [4.78, 5) is 21.2. The van der Waals surface area contributed by atoms with E-state index in [0.717, 1.165) is 19.3 Å². The first-order valence-electron chi connectivity index (χ1n) is 7.04. The summed E-state index contributed by atoms with van der Waals surface area (Å²) in [5.41, 5.74) is 0.201. The fraction of sp³-hybridized carbons (Fsp3) is 0.643. The summed E-state index contributed by atoms with van der Waals surface area (Å²) < 4.78 is 14.3. The van der Waals surface area contributed by atoms with Gasteiger partial charge in [-0.15, -0.1) is 0 Å². The maximum Gasteiger partial charge on any atom is 0.308 e. The third-order valence-electron chi connectivity index (χ3n) is 4.77. The van der Waals surface area contributed by atoms with Crippen LogP contribution in [-0.4, -0.2) is 34.1 Å². The molecule has 3 rings (SSSR count). The van der Waals surface area contributed by atoms with Crippen LogP contribution in [0.5, 0.6) is 0 Å². The van der Waals surface area contributed by atoms with Gasteiger partial charge in [0.25, 0.3) is 0 Å². The summed E-state index contributed by atoms with van der Waals surface area (Å²) in [6, 6.07) is 0. The quantitative estimate of drug-likeness (QED) is 0.915. The van der Waals surface area contributed by atoms with Crippen LogP contribution in [0.15, 0.2) is 6.33 Å². The van der Waals surface area contributed by atoms with Crippen LogP contribution in [0.2, 0.25) is 0 Å². The van der Waals surface area contributed by atoms with Crippen LogP contribution in [0.1, 0.15) is 31.9 Å². The van der Waals surface area contributed by atoms with E-state index in [1.807, 2.05) is 6.92 Å². The molecule has 1 atom stereocenters. The topological polar surface area (TPSA) is 66.3 Å². The third kappa shape index (κ3) is 1.85. The van der Waals surface area contributed by atoms with Crippen LogP contribution in [-0.2, 0) is 11.2 Å². The Morgan fingerprint density at radius 1 is 1.55 bits per heavy atom. The van der Waals surface area contributed by atoms with Crippen LogP contribution >= 0.6 is 0 Å². The Hall–Kier alpha value is -1.72. The maximum absolute atomic E-state index is 14.3. The largest absolute Gasteiger partial charge is 0.481 e. The van der Waals surface area contributed by atoms with E-state index < -0.39 is 17.7 Å². The van der Waals surface area contributed by atoms with Crippen molar-refractivity contribution in [2.75, 3.05) is 18.0 Å². The summed E-state index contributed by atoms with van der Waals surface area (Å²) >= 11 is 0. The molecule has 0 radical (unpaired) electrons. The molecule has 108 valence electrons. The van der Waals surface area contributed by atoms with E-state index in [4.69, 9.17) is 0 Å². The molecule has 2 heterocycles. The van der Waals surface area contributed by atoms with Gasteiger partial charge < -0.3 is 10.0 Å². The van der Waals surface area contributed by atoms with Crippen molar-refractivity contribution in [3.8, 4) is 0 Å². The number of hydrogen-bond donors (Lipinski definition) is 1. The standard InChI is InChI=1S/C14H18FN3O2/c1-2-10-11(15)12(17-8-16-10)18-6-9(13(19)20)14(7-18)4-3-5-14/h8-9H,2-7H2,1H3,(H,19,20)/t9-/m0/s1.